The molecule has 0 unspecified atom stereocenters. The molecule has 1 amide bonds. The van der Waals surface area contributed by atoms with Crippen molar-refractivity contribution in [3.05, 3.63) is 35.0 Å². The molecule has 0 aliphatic heterocycles. The van der Waals surface area contributed by atoms with Crippen LogP contribution in [-0.2, 0) is 11.2 Å². The number of nitrogens with one attached hydrogen (secondary N) is 1. The second kappa shape index (κ2) is 5.45. The molecular formula is C19H24N2O. The van der Waals surface area contributed by atoms with Gasteiger partial charge in [0.05, 0.1) is 5.92 Å². The summed E-state index contributed by atoms with van der Waals surface area (Å²) in [5, 5.41) is 1.32. The number of hydrogen-bond donors (Lipinski definition) is 2. The summed E-state index contributed by atoms with van der Waals surface area (Å²) in [6.07, 6.45) is 9.75. The first-order valence-corrected chi connectivity index (χ1v) is 8.68. The number of aromatic amines is 1. The van der Waals surface area contributed by atoms with Crippen LogP contribution in [0.4, 0.5) is 0 Å². The standard InChI is InChI=1S/C19H24N2O/c20-19(22)15-8-4-7-14-16-11-13(12-5-2-1-3-6-12)9-10-17(16)21-18(14)15/h9-12,15,21H,1-8H2,(H2,20,22)/t15-/m1/s1. The van der Waals surface area contributed by atoms with Crippen LogP contribution in [0.25, 0.3) is 10.9 Å². The highest BCUT2D eigenvalue weighted by Crippen LogP contribution is 2.39. The van der Waals surface area contributed by atoms with Gasteiger partial charge in [0.2, 0.25) is 5.91 Å². The monoisotopic (exact) mass is 296 g/mol. The van der Waals surface area contributed by atoms with Gasteiger partial charge in [0.15, 0.2) is 0 Å². The Morgan fingerprint density at radius 2 is 1.91 bits per heavy atom. The first kappa shape index (κ1) is 13.9. The molecule has 1 saturated carbocycles. The molecule has 3 N–H and O–H groups in total. The quantitative estimate of drug-likeness (QED) is 0.860. The van der Waals surface area contributed by atoms with Crippen molar-refractivity contribution in [2.45, 2.75) is 63.2 Å². The zero-order chi connectivity index (χ0) is 15.1. The Morgan fingerprint density at radius 3 is 2.68 bits per heavy atom. The van der Waals surface area contributed by atoms with Gasteiger partial charge in [-0.2, -0.15) is 0 Å². The molecule has 116 valence electrons. The van der Waals surface area contributed by atoms with Gasteiger partial charge in [-0.3, -0.25) is 4.79 Å². The average Bonchev–Trinajstić information content (AvgIpc) is 2.93. The highest BCUT2D eigenvalue weighted by atomic mass is 16.1. The van der Waals surface area contributed by atoms with Crippen molar-refractivity contribution in [2.24, 2.45) is 5.73 Å². The molecule has 1 heterocycles. The fraction of sp³-hybridized carbons (Fsp3) is 0.526. The molecule has 0 bridgehead atoms. The SMILES string of the molecule is NC(=O)[C@@H]1CCCc2c1[nH]c1ccc(C3CCCCC3)cc21. The minimum atomic E-state index is -0.194. The Hall–Kier alpha value is -1.77. The summed E-state index contributed by atoms with van der Waals surface area (Å²) < 4.78 is 0. The molecule has 1 aromatic carbocycles. The van der Waals surface area contributed by atoms with Crippen molar-refractivity contribution in [3.8, 4) is 0 Å². The third-order valence-corrected chi connectivity index (χ3v) is 5.65. The maximum absolute atomic E-state index is 11.7. The summed E-state index contributed by atoms with van der Waals surface area (Å²) >= 11 is 0. The van der Waals surface area contributed by atoms with Gasteiger partial charge in [-0.15, -0.1) is 0 Å². The Balaban J connectivity index is 1.78. The van der Waals surface area contributed by atoms with E-state index in [-0.39, 0.29) is 11.8 Å². The Kier molecular flexibility index (Phi) is 3.44. The molecule has 2 aliphatic carbocycles. The van der Waals surface area contributed by atoms with E-state index in [1.807, 2.05) is 0 Å². The lowest BCUT2D eigenvalue weighted by Crippen LogP contribution is -2.24. The Morgan fingerprint density at radius 1 is 1.09 bits per heavy atom. The fourth-order valence-corrected chi connectivity index (χ4v) is 4.45. The van der Waals surface area contributed by atoms with Crippen LogP contribution in [0.2, 0.25) is 0 Å². The topological polar surface area (TPSA) is 58.9 Å². The predicted octanol–water partition coefficient (Wildman–Crippen LogP) is 4.12. The van der Waals surface area contributed by atoms with Crippen LogP contribution >= 0.6 is 0 Å². The molecule has 2 aromatic rings. The van der Waals surface area contributed by atoms with E-state index in [0.29, 0.717) is 0 Å². The van der Waals surface area contributed by atoms with Crippen molar-refractivity contribution < 1.29 is 4.79 Å². The van der Waals surface area contributed by atoms with Gasteiger partial charge in [0.1, 0.15) is 0 Å². The van der Waals surface area contributed by atoms with E-state index in [0.717, 1.165) is 36.4 Å². The number of hydrogen-bond acceptors (Lipinski definition) is 1. The van der Waals surface area contributed by atoms with Gasteiger partial charge >= 0.3 is 0 Å². The summed E-state index contributed by atoms with van der Waals surface area (Å²) in [6.45, 7) is 0. The first-order valence-electron chi connectivity index (χ1n) is 8.68. The minimum Gasteiger partial charge on any atom is -0.369 e. The van der Waals surface area contributed by atoms with Crippen LogP contribution in [0.1, 0.15) is 73.6 Å². The van der Waals surface area contributed by atoms with Crippen LogP contribution in [-0.4, -0.2) is 10.9 Å². The van der Waals surface area contributed by atoms with Gasteiger partial charge in [-0.1, -0.05) is 25.3 Å². The van der Waals surface area contributed by atoms with E-state index < -0.39 is 0 Å². The fourth-order valence-electron chi connectivity index (χ4n) is 4.45. The maximum atomic E-state index is 11.7. The lowest BCUT2D eigenvalue weighted by Gasteiger charge is -2.22. The van der Waals surface area contributed by atoms with E-state index in [9.17, 15) is 4.79 Å². The lowest BCUT2D eigenvalue weighted by molar-refractivity contribution is -0.119. The van der Waals surface area contributed by atoms with Crippen molar-refractivity contribution in [2.75, 3.05) is 0 Å². The number of benzene rings is 1. The summed E-state index contributed by atoms with van der Waals surface area (Å²) in [5.41, 5.74) is 10.7. The molecule has 4 rings (SSSR count). The number of carbonyl (C=O) groups excluding carboxylic acids is 1. The molecule has 3 nitrogen and oxygen atoms in total. The molecule has 3 heteroatoms. The Bertz CT molecular complexity index is 710. The molecule has 1 aromatic heterocycles. The molecule has 22 heavy (non-hydrogen) atoms. The normalized spacial score (nSPS) is 22.6. The minimum absolute atomic E-state index is 0.130. The highest BCUT2D eigenvalue weighted by Gasteiger charge is 2.28. The summed E-state index contributed by atoms with van der Waals surface area (Å²) in [5.74, 6) is 0.397. The van der Waals surface area contributed by atoms with E-state index in [1.165, 1.54) is 48.6 Å². The molecule has 0 spiro atoms. The van der Waals surface area contributed by atoms with Crippen LogP contribution in [0, 0.1) is 0 Å². The van der Waals surface area contributed by atoms with Crippen LogP contribution in [0.15, 0.2) is 18.2 Å². The van der Waals surface area contributed by atoms with Crippen LogP contribution in [0.3, 0.4) is 0 Å². The van der Waals surface area contributed by atoms with E-state index >= 15 is 0 Å². The third-order valence-electron chi connectivity index (χ3n) is 5.65. The van der Waals surface area contributed by atoms with Crippen molar-refractivity contribution in [1.82, 2.24) is 4.98 Å². The number of H-pyrrole nitrogens is 1. The number of aryl methyl sites for hydroxylation is 1. The number of primary amides is 1. The summed E-state index contributed by atoms with van der Waals surface area (Å²) in [7, 11) is 0. The summed E-state index contributed by atoms with van der Waals surface area (Å²) in [4.78, 5) is 15.2. The van der Waals surface area contributed by atoms with Gasteiger partial charge < -0.3 is 10.7 Å². The van der Waals surface area contributed by atoms with Gasteiger partial charge in [-0.05, 0) is 61.3 Å². The number of aromatic nitrogens is 1. The van der Waals surface area contributed by atoms with Gasteiger partial charge in [-0.25, -0.2) is 0 Å². The summed E-state index contributed by atoms with van der Waals surface area (Å²) in [6, 6.07) is 6.86. The number of rotatable bonds is 2. The smallest absolute Gasteiger partial charge is 0.226 e. The highest BCUT2D eigenvalue weighted by molar-refractivity contribution is 5.90. The zero-order valence-corrected chi connectivity index (χ0v) is 13.0. The number of carbonyl (C=O) groups is 1. The predicted molar refractivity (Wildman–Crippen MR) is 89.0 cm³/mol. The molecule has 0 radical (unpaired) electrons. The number of amides is 1. The molecular weight excluding hydrogens is 272 g/mol. The van der Waals surface area contributed by atoms with Crippen molar-refractivity contribution in [3.63, 3.8) is 0 Å². The van der Waals surface area contributed by atoms with Crippen LogP contribution in [0.5, 0.6) is 0 Å². The molecule has 2 aliphatic rings. The Labute approximate surface area is 131 Å². The largest absolute Gasteiger partial charge is 0.369 e. The number of fused-ring (bicyclic) bond motifs is 3. The first-order chi connectivity index (χ1) is 10.7. The van der Waals surface area contributed by atoms with E-state index in [2.05, 4.69) is 23.2 Å². The third kappa shape index (κ3) is 2.23. The number of nitrogens with two attached hydrogens (primary N) is 1. The lowest BCUT2D eigenvalue weighted by atomic mass is 9.82. The van der Waals surface area contributed by atoms with Gasteiger partial charge in [0.25, 0.3) is 0 Å². The van der Waals surface area contributed by atoms with Gasteiger partial charge in [0, 0.05) is 16.6 Å². The second-order valence-corrected chi connectivity index (χ2v) is 7.00. The van der Waals surface area contributed by atoms with Crippen molar-refractivity contribution >= 4 is 16.8 Å². The van der Waals surface area contributed by atoms with E-state index in [4.69, 9.17) is 5.73 Å². The zero-order valence-electron chi connectivity index (χ0n) is 13.0. The van der Waals surface area contributed by atoms with Crippen LogP contribution < -0.4 is 5.73 Å². The van der Waals surface area contributed by atoms with E-state index in [1.54, 1.807) is 0 Å². The second-order valence-electron chi connectivity index (χ2n) is 7.00. The molecule has 1 fully saturated rings. The van der Waals surface area contributed by atoms with Crippen molar-refractivity contribution in [1.29, 1.82) is 0 Å². The average molecular weight is 296 g/mol. The molecule has 1 atom stereocenters. The maximum Gasteiger partial charge on any atom is 0.226 e. The molecule has 0 saturated heterocycles.